The molecular formula is C48H80NO9P. The summed E-state index contributed by atoms with van der Waals surface area (Å²) in [5.41, 5.74) is 5.26. The average molecular weight is 846 g/mol. The van der Waals surface area contributed by atoms with Gasteiger partial charge in [0.1, 0.15) is 6.61 Å². The van der Waals surface area contributed by atoms with E-state index in [1.54, 1.807) is 0 Å². The predicted octanol–water partition coefficient (Wildman–Crippen LogP) is 12.5. The van der Waals surface area contributed by atoms with Crippen LogP contribution in [0.3, 0.4) is 0 Å². The molecule has 0 aromatic heterocycles. The lowest BCUT2D eigenvalue weighted by atomic mass is 9.72. The minimum atomic E-state index is -4.31. The summed E-state index contributed by atoms with van der Waals surface area (Å²) >= 11 is 0. The first-order valence-corrected chi connectivity index (χ1v) is 24.0. The number of unbranched alkanes of at least 4 members (excludes halogenated alkanes) is 11. The van der Waals surface area contributed by atoms with Crippen molar-refractivity contribution in [2.45, 2.75) is 176 Å². The molecule has 1 aliphatic rings. The molecule has 336 valence electrons. The number of hydrogen-bond acceptors (Lipinski definition) is 8. The lowest BCUT2D eigenvalue weighted by Crippen LogP contribution is -2.27. The Morgan fingerprint density at radius 2 is 1.39 bits per heavy atom. The van der Waals surface area contributed by atoms with Crippen molar-refractivity contribution in [3.8, 4) is 0 Å². The Bertz CT molecular complexity index is 1440. The molecular weight excluding hydrogens is 765 g/mol. The van der Waals surface area contributed by atoms with Crippen LogP contribution in [0.2, 0.25) is 0 Å². The zero-order valence-corrected chi connectivity index (χ0v) is 38.6. The van der Waals surface area contributed by atoms with Crippen LogP contribution in [0.15, 0.2) is 70.9 Å². The summed E-state index contributed by atoms with van der Waals surface area (Å²) in [6.45, 7) is 13.0. The molecule has 0 saturated heterocycles. The fourth-order valence-electron chi connectivity index (χ4n) is 6.75. The van der Waals surface area contributed by atoms with Crippen LogP contribution < -0.4 is 5.32 Å². The summed E-state index contributed by atoms with van der Waals surface area (Å²) in [6.07, 6.45) is 37.2. The third-order valence-electron chi connectivity index (χ3n) is 10.3. The second kappa shape index (κ2) is 33.7. The van der Waals surface area contributed by atoms with Crippen LogP contribution in [0, 0.1) is 5.41 Å². The molecule has 0 aliphatic heterocycles. The third kappa shape index (κ3) is 30.6. The van der Waals surface area contributed by atoms with Gasteiger partial charge >= 0.3 is 19.8 Å². The highest BCUT2D eigenvalue weighted by Gasteiger charge is 2.26. The van der Waals surface area contributed by atoms with Crippen LogP contribution in [0.25, 0.3) is 0 Å². The second-order valence-corrected chi connectivity index (χ2v) is 17.9. The van der Waals surface area contributed by atoms with Crippen molar-refractivity contribution in [2.24, 2.45) is 5.41 Å². The molecule has 2 N–H and O–H groups in total. The number of phosphoric acid groups is 1. The zero-order chi connectivity index (χ0) is 43.6. The SMILES string of the molecule is CCCCCCCC/C=C\CCCCCCCC(=O)OCCCOP(=O)(O)OCCNC(=O)CCCC(=O)OC/C=C(C)/C=C/C=C(C)/C=C/C1=C(C)CCCC1(C)C. The molecule has 1 rings (SSSR count). The molecule has 0 saturated carbocycles. The molecule has 0 heterocycles. The first-order valence-electron chi connectivity index (χ1n) is 22.5. The van der Waals surface area contributed by atoms with Gasteiger partial charge in [0, 0.05) is 32.2 Å². The highest BCUT2D eigenvalue weighted by Crippen LogP contribution is 2.43. The van der Waals surface area contributed by atoms with Gasteiger partial charge in [-0.1, -0.05) is 131 Å². The largest absolute Gasteiger partial charge is 0.472 e. The quantitative estimate of drug-likeness (QED) is 0.0213. The molecule has 1 atom stereocenters. The van der Waals surface area contributed by atoms with E-state index in [1.807, 2.05) is 25.2 Å². The normalized spacial score (nSPS) is 16.0. The second-order valence-electron chi connectivity index (χ2n) is 16.4. The predicted molar refractivity (Wildman–Crippen MR) is 241 cm³/mol. The molecule has 0 fully saturated rings. The van der Waals surface area contributed by atoms with Gasteiger partial charge in [0.15, 0.2) is 0 Å². The van der Waals surface area contributed by atoms with E-state index in [0.717, 1.165) is 43.3 Å². The van der Waals surface area contributed by atoms with E-state index in [9.17, 15) is 23.8 Å². The Kier molecular flexibility index (Phi) is 30.8. The topological polar surface area (TPSA) is 137 Å². The van der Waals surface area contributed by atoms with E-state index in [4.69, 9.17) is 18.5 Å². The van der Waals surface area contributed by atoms with Gasteiger partial charge in [-0.2, -0.15) is 0 Å². The number of rotatable bonds is 34. The summed E-state index contributed by atoms with van der Waals surface area (Å²) in [5.74, 6) is -0.983. The summed E-state index contributed by atoms with van der Waals surface area (Å²) in [5, 5.41) is 2.59. The minimum Gasteiger partial charge on any atom is -0.466 e. The number of esters is 2. The Labute approximate surface area is 358 Å². The molecule has 1 amide bonds. The van der Waals surface area contributed by atoms with Gasteiger partial charge in [-0.3, -0.25) is 23.4 Å². The van der Waals surface area contributed by atoms with E-state index in [2.05, 4.69) is 70.3 Å². The Morgan fingerprint density at radius 3 is 2.08 bits per heavy atom. The molecule has 0 bridgehead atoms. The monoisotopic (exact) mass is 846 g/mol. The van der Waals surface area contributed by atoms with Gasteiger partial charge in [-0.15, -0.1) is 0 Å². The van der Waals surface area contributed by atoms with Crippen molar-refractivity contribution in [1.29, 1.82) is 0 Å². The third-order valence-corrected chi connectivity index (χ3v) is 11.4. The summed E-state index contributed by atoms with van der Waals surface area (Å²) in [7, 11) is -4.31. The van der Waals surface area contributed by atoms with Crippen LogP contribution in [0.1, 0.15) is 176 Å². The van der Waals surface area contributed by atoms with Crippen LogP contribution in [0.5, 0.6) is 0 Å². The van der Waals surface area contributed by atoms with E-state index >= 15 is 0 Å². The van der Waals surface area contributed by atoms with Gasteiger partial charge in [0.2, 0.25) is 5.91 Å². The molecule has 0 spiro atoms. The van der Waals surface area contributed by atoms with Gasteiger partial charge in [-0.05, 0) is 95.6 Å². The maximum absolute atomic E-state index is 12.1. The smallest absolute Gasteiger partial charge is 0.466 e. The molecule has 1 aliphatic carbocycles. The van der Waals surface area contributed by atoms with E-state index in [-0.39, 0.29) is 69.5 Å². The standard InChI is InChI=1S/C48H80NO9P/c1-7-8-9-10-11-12-13-14-15-16-17-18-19-20-21-30-46(51)55-37-25-38-57-59(53,54)58-40-36-49-45(50)29-23-31-47(52)56-39-34-42(3)27-22-26-41(2)32-33-44-43(4)28-24-35-48(44,5)6/h14-15,22,26-27,32-34H,7-13,16-21,23-25,28-31,35-40H2,1-6H3,(H,49,50)(H,53,54)/b15-14-,27-22+,33-32+,41-26+,42-34+. The molecule has 11 heteroatoms. The van der Waals surface area contributed by atoms with Crippen LogP contribution in [-0.2, 0) is 37.5 Å². The van der Waals surface area contributed by atoms with Gasteiger partial charge in [-0.25, -0.2) is 4.57 Å². The lowest BCUT2D eigenvalue weighted by Gasteiger charge is -2.32. The lowest BCUT2D eigenvalue weighted by molar-refractivity contribution is -0.144. The van der Waals surface area contributed by atoms with Crippen molar-refractivity contribution in [2.75, 3.05) is 33.0 Å². The minimum absolute atomic E-state index is 0.00365. The zero-order valence-electron chi connectivity index (χ0n) is 37.7. The fraction of sp³-hybridized carbons (Fsp3) is 0.688. The molecule has 0 aromatic carbocycles. The van der Waals surface area contributed by atoms with E-state index in [0.29, 0.717) is 12.8 Å². The van der Waals surface area contributed by atoms with Crippen LogP contribution in [-0.4, -0.2) is 55.7 Å². The first-order chi connectivity index (χ1) is 28.3. The van der Waals surface area contributed by atoms with E-state index < -0.39 is 13.8 Å². The first kappa shape index (κ1) is 54.0. The Hall–Kier alpha value is -3.04. The number of allylic oxidation sites excluding steroid dienone is 11. The molecule has 10 nitrogen and oxygen atoms in total. The highest BCUT2D eigenvalue weighted by atomic mass is 31.2. The summed E-state index contributed by atoms with van der Waals surface area (Å²) < 4.78 is 32.4. The average Bonchev–Trinajstić information content (AvgIpc) is 3.17. The number of carbonyl (C=O) groups excluding carboxylic acids is 3. The fourth-order valence-corrected chi connectivity index (χ4v) is 7.50. The number of nitrogens with one attached hydrogen (secondary N) is 1. The Morgan fingerprint density at radius 1 is 0.763 bits per heavy atom. The molecule has 0 radical (unpaired) electrons. The number of hydrogen-bond donors (Lipinski definition) is 2. The molecule has 59 heavy (non-hydrogen) atoms. The maximum Gasteiger partial charge on any atom is 0.472 e. The van der Waals surface area contributed by atoms with Crippen molar-refractivity contribution >= 4 is 25.7 Å². The van der Waals surface area contributed by atoms with Crippen molar-refractivity contribution in [3.05, 3.63) is 70.9 Å². The van der Waals surface area contributed by atoms with Crippen molar-refractivity contribution in [1.82, 2.24) is 5.32 Å². The van der Waals surface area contributed by atoms with Crippen molar-refractivity contribution < 1.29 is 42.4 Å². The van der Waals surface area contributed by atoms with E-state index in [1.165, 1.54) is 81.8 Å². The van der Waals surface area contributed by atoms with Crippen LogP contribution >= 0.6 is 7.82 Å². The van der Waals surface area contributed by atoms with Gasteiger partial charge in [0.25, 0.3) is 0 Å². The highest BCUT2D eigenvalue weighted by molar-refractivity contribution is 7.47. The summed E-state index contributed by atoms with van der Waals surface area (Å²) in [4.78, 5) is 46.1. The number of carbonyl (C=O) groups is 3. The summed E-state index contributed by atoms with van der Waals surface area (Å²) in [6, 6.07) is 0. The Balaban J connectivity index is 2.04. The molecule has 1 unspecified atom stereocenters. The number of ether oxygens (including phenoxy) is 2. The van der Waals surface area contributed by atoms with Gasteiger partial charge in [0.05, 0.1) is 19.8 Å². The molecule has 0 aromatic rings. The van der Waals surface area contributed by atoms with Gasteiger partial charge < -0.3 is 19.7 Å². The maximum atomic E-state index is 12.1. The van der Waals surface area contributed by atoms with Crippen molar-refractivity contribution in [3.63, 3.8) is 0 Å². The number of amides is 1. The van der Waals surface area contributed by atoms with Crippen LogP contribution in [0.4, 0.5) is 0 Å². The number of phosphoric ester groups is 1.